The van der Waals surface area contributed by atoms with E-state index in [9.17, 15) is 8.42 Å². The summed E-state index contributed by atoms with van der Waals surface area (Å²) >= 11 is 0. The summed E-state index contributed by atoms with van der Waals surface area (Å²) in [6.07, 6.45) is 1.14. The number of hydrogen-bond acceptors (Lipinski definition) is 4. The van der Waals surface area contributed by atoms with Crippen LogP contribution in [0, 0.1) is 0 Å². The maximum Gasteiger partial charge on any atom is 0.212 e. The average Bonchev–Trinajstić information content (AvgIpc) is 2.31. The standard InChI is InChI=1S/C5H12N2O3S/c1-11(9,10)7-4-6-2-5(7)3-8/h5-6,8H,2-4H2,1H3. The third-order valence-corrected chi connectivity index (χ3v) is 2.97. The second kappa shape index (κ2) is 3.06. The first-order valence-electron chi connectivity index (χ1n) is 3.34. The molecule has 1 atom stereocenters. The van der Waals surface area contributed by atoms with Gasteiger partial charge in [0.15, 0.2) is 0 Å². The summed E-state index contributed by atoms with van der Waals surface area (Å²) < 4.78 is 23.2. The molecule has 11 heavy (non-hydrogen) atoms. The number of nitrogens with zero attached hydrogens (tertiary/aromatic N) is 1. The maximum atomic E-state index is 11.0. The highest BCUT2D eigenvalue weighted by Crippen LogP contribution is 2.07. The molecular weight excluding hydrogens is 168 g/mol. The first-order chi connectivity index (χ1) is 5.05. The smallest absolute Gasteiger partial charge is 0.212 e. The van der Waals surface area contributed by atoms with Gasteiger partial charge in [-0.2, -0.15) is 4.31 Å². The molecule has 0 saturated carbocycles. The van der Waals surface area contributed by atoms with Crippen molar-refractivity contribution in [1.82, 2.24) is 9.62 Å². The lowest BCUT2D eigenvalue weighted by atomic mass is 10.3. The third-order valence-electron chi connectivity index (χ3n) is 1.69. The predicted octanol–water partition coefficient (Wildman–Crippen LogP) is -1.83. The maximum absolute atomic E-state index is 11.0. The van der Waals surface area contributed by atoms with Crippen molar-refractivity contribution in [2.24, 2.45) is 0 Å². The molecule has 0 radical (unpaired) electrons. The van der Waals surface area contributed by atoms with Gasteiger partial charge in [0.25, 0.3) is 0 Å². The van der Waals surface area contributed by atoms with Crippen LogP contribution in [0.2, 0.25) is 0 Å². The lowest BCUT2D eigenvalue weighted by Gasteiger charge is -2.17. The van der Waals surface area contributed by atoms with Crippen molar-refractivity contribution in [3.63, 3.8) is 0 Å². The molecule has 1 heterocycles. The van der Waals surface area contributed by atoms with E-state index >= 15 is 0 Å². The largest absolute Gasteiger partial charge is 0.395 e. The van der Waals surface area contributed by atoms with Crippen molar-refractivity contribution in [3.8, 4) is 0 Å². The van der Waals surface area contributed by atoms with Gasteiger partial charge in [-0.1, -0.05) is 0 Å². The van der Waals surface area contributed by atoms with Crippen LogP contribution < -0.4 is 5.32 Å². The van der Waals surface area contributed by atoms with E-state index in [1.165, 1.54) is 4.31 Å². The van der Waals surface area contributed by atoms with E-state index in [1.807, 2.05) is 0 Å². The van der Waals surface area contributed by atoms with E-state index < -0.39 is 10.0 Å². The van der Waals surface area contributed by atoms with Gasteiger partial charge in [0.05, 0.1) is 25.6 Å². The monoisotopic (exact) mass is 180 g/mol. The van der Waals surface area contributed by atoms with Crippen molar-refractivity contribution in [3.05, 3.63) is 0 Å². The Kier molecular flexibility index (Phi) is 2.48. The minimum Gasteiger partial charge on any atom is -0.395 e. The van der Waals surface area contributed by atoms with E-state index in [2.05, 4.69) is 5.32 Å². The summed E-state index contributed by atoms with van der Waals surface area (Å²) in [5.41, 5.74) is 0. The molecule has 5 nitrogen and oxygen atoms in total. The van der Waals surface area contributed by atoms with E-state index in [0.717, 1.165) is 6.26 Å². The minimum atomic E-state index is -3.15. The van der Waals surface area contributed by atoms with Gasteiger partial charge in [-0.05, 0) is 0 Å². The van der Waals surface area contributed by atoms with Crippen LogP contribution >= 0.6 is 0 Å². The molecule has 0 aromatic rings. The molecule has 0 bridgehead atoms. The molecular formula is C5H12N2O3S. The molecule has 1 aliphatic heterocycles. The van der Waals surface area contributed by atoms with Crippen LogP contribution in [-0.4, -0.2) is 49.9 Å². The zero-order chi connectivity index (χ0) is 8.48. The van der Waals surface area contributed by atoms with E-state index in [-0.39, 0.29) is 12.6 Å². The van der Waals surface area contributed by atoms with Crippen molar-refractivity contribution in [2.75, 3.05) is 26.1 Å². The molecule has 2 N–H and O–H groups in total. The fraction of sp³-hybridized carbons (Fsp3) is 1.00. The summed E-state index contributed by atoms with van der Waals surface area (Å²) in [5, 5.41) is 11.6. The summed E-state index contributed by atoms with van der Waals surface area (Å²) in [4.78, 5) is 0. The molecule has 0 spiro atoms. The van der Waals surface area contributed by atoms with Crippen LogP contribution in [0.25, 0.3) is 0 Å². The topological polar surface area (TPSA) is 69.6 Å². The Balaban J connectivity index is 2.72. The Morgan fingerprint density at radius 1 is 1.73 bits per heavy atom. The lowest BCUT2D eigenvalue weighted by Crippen LogP contribution is -2.38. The van der Waals surface area contributed by atoms with Crippen molar-refractivity contribution in [1.29, 1.82) is 0 Å². The number of sulfonamides is 1. The molecule has 6 heteroatoms. The van der Waals surface area contributed by atoms with Crippen molar-refractivity contribution in [2.45, 2.75) is 6.04 Å². The van der Waals surface area contributed by atoms with Gasteiger partial charge in [-0.3, -0.25) is 0 Å². The fourth-order valence-corrected chi connectivity index (χ4v) is 2.12. The quantitative estimate of drug-likeness (QED) is 0.524. The summed E-state index contributed by atoms with van der Waals surface area (Å²) in [6.45, 7) is 0.716. The molecule has 0 aliphatic carbocycles. The SMILES string of the molecule is CS(=O)(=O)N1CNCC1CO. The van der Waals surface area contributed by atoms with Gasteiger partial charge in [-0.15, -0.1) is 0 Å². The molecule has 0 aromatic heterocycles. The third kappa shape index (κ3) is 1.90. The van der Waals surface area contributed by atoms with Gasteiger partial charge in [0.2, 0.25) is 10.0 Å². The van der Waals surface area contributed by atoms with E-state index in [0.29, 0.717) is 13.2 Å². The molecule has 1 aliphatic rings. The van der Waals surface area contributed by atoms with Crippen LogP contribution in [-0.2, 0) is 10.0 Å². The van der Waals surface area contributed by atoms with Gasteiger partial charge < -0.3 is 10.4 Å². The molecule has 1 saturated heterocycles. The number of aliphatic hydroxyl groups excluding tert-OH is 1. The Hall–Kier alpha value is -0.170. The zero-order valence-corrected chi connectivity index (χ0v) is 7.13. The average molecular weight is 180 g/mol. The van der Waals surface area contributed by atoms with Crippen LogP contribution in [0.5, 0.6) is 0 Å². The normalized spacial score (nSPS) is 27.6. The van der Waals surface area contributed by atoms with E-state index in [1.54, 1.807) is 0 Å². The Morgan fingerprint density at radius 3 is 2.73 bits per heavy atom. The highest BCUT2D eigenvalue weighted by Gasteiger charge is 2.30. The molecule has 0 aromatic carbocycles. The summed E-state index contributed by atoms with van der Waals surface area (Å²) in [7, 11) is -3.15. The highest BCUT2D eigenvalue weighted by molar-refractivity contribution is 7.88. The van der Waals surface area contributed by atoms with Crippen LogP contribution in [0.15, 0.2) is 0 Å². The highest BCUT2D eigenvalue weighted by atomic mass is 32.2. The van der Waals surface area contributed by atoms with E-state index in [4.69, 9.17) is 5.11 Å². The van der Waals surface area contributed by atoms with Crippen LogP contribution in [0.1, 0.15) is 0 Å². The summed E-state index contributed by atoms with van der Waals surface area (Å²) in [6, 6.07) is -0.287. The Bertz CT molecular complexity index is 226. The molecule has 66 valence electrons. The molecule has 0 amide bonds. The molecule has 1 unspecified atom stereocenters. The summed E-state index contributed by atoms with van der Waals surface area (Å²) in [5.74, 6) is 0. The zero-order valence-electron chi connectivity index (χ0n) is 6.32. The number of rotatable bonds is 2. The second-order valence-corrected chi connectivity index (χ2v) is 4.53. The lowest BCUT2D eigenvalue weighted by molar-refractivity contribution is 0.220. The van der Waals surface area contributed by atoms with Gasteiger partial charge in [-0.25, -0.2) is 8.42 Å². The minimum absolute atomic E-state index is 0.125. The number of aliphatic hydroxyl groups is 1. The number of hydrogen-bond donors (Lipinski definition) is 2. The van der Waals surface area contributed by atoms with Crippen LogP contribution in [0.3, 0.4) is 0 Å². The Labute approximate surface area is 66.1 Å². The number of nitrogens with one attached hydrogen (secondary N) is 1. The van der Waals surface area contributed by atoms with Crippen molar-refractivity contribution >= 4 is 10.0 Å². The van der Waals surface area contributed by atoms with Gasteiger partial charge >= 0.3 is 0 Å². The molecule has 1 rings (SSSR count). The Morgan fingerprint density at radius 2 is 2.36 bits per heavy atom. The first-order valence-corrected chi connectivity index (χ1v) is 5.19. The van der Waals surface area contributed by atoms with Gasteiger partial charge in [0, 0.05) is 6.54 Å². The second-order valence-electron chi connectivity index (χ2n) is 2.60. The first kappa shape index (κ1) is 8.92. The van der Waals surface area contributed by atoms with Crippen molar-refractivity contribution < 1.29 is 13.5 Å². The van der Waals surface area contributed by atoms with Gasteiger partial charge in [0.1, 0.15) is 0 Å². The fourth-order valence-electron chi connectivity index (χ4n) is 1.12. The van der Waals surface area contributed by atoms with Crippen LogP contribution in [0.4, 0.5) is 0 Å². The predicted molar refractivity (Wildman–Crippen MR) is 40.4 cm³/mol. The molecule has 1 fully saturated rings.